The van der Waals surface area contributed by atoms with Crippen molar-refractivity contribution in [1.82, 2.24) is 0 Å². The van der Waals surface area contributed by atoms with Gasteiger partial charge in [-0.15, -0.1) is 0 Å². The highest BCUT2D eigenvalue weighted by atomic mass is 32.8. The number of rotatable bonds is 4. The van der Waals surface area contributed by atoms with Gasteiger partial charge < -0.3 is 4.89 Å². The Morgan fingerprint density at radius 3 is 2.23 bits per heavy atom. The molecule has 0 aromatic heterocycles. The van der Waals surface area contributed by atoms with Gasteiger partial charge in [0, 0.05) is 11.1 Å². The molecule has 0 spiro atoms. The van der Waals surface area contributed by atoms with Crippen LogP contribution in [0, 0.1) is 13.8 Å². The summed E-state index contributed by atoms with van der Waals surface area (Å²) in [6.07, 6.45) is 0. The van der Waals surface area contributed by atoms with Crippen LogP contribution in [0.25, 0.3) is 0 Å². The van der Waals surface area contributed by atoms with Crippen molar-refractivity contribution in [3.63, 3.8) is 0 Å². The SMILES string of the molecule is Cc1cccc(C(=O)c2ccc(P(=O)(O)S(=O)O)cc2)c1C. The van der Waals surface area contributed by atoms with Crippen LogP contribution in [0.5, 0.6) is 0 Å². The van der Waals surface area contributed by atoms with Crippen molar-refractivity contribution in [2.45, 2.75) is 13.8 Å². The van der Waals surface area contributed by atoms with Crippen molar-refractivity contribution in [1.29, 1.82) is 0 Å². The average Bonchev–Trinajstić information content (AvgIpc) is 2.49. The number of carbonyl (C=O) groups is 1. The molecule has 0 fully saturated rings. The Morgan fingerprint density at radius 2 is 1.68 bits per heavy atom. The molecule has 0 aliphatic heterocycles. The van der Waals surface area contributed by atoms with Gasteiger partial charge in [0.25, 0.3) is 0 Å². The van der Waals surface area contributed by atoms with E-state index in [1.54, 1.807) is 12.1 Å². The first-order valence-electron chi connectivity index (χ1n) is 6.41. The maximum Gasteiger partial charge on any atom is 0.339 e. The lowest BCUT2D eigenvalue weighted by Crippen LogP contribution is -2.10. The quantitative estimate of drug-likeness (QED) is 0.508. The van der Waals surface area contributed by atoms with Crippen LogP contribution in [-0.4, -0.2) is 19.4 Å². The highest BCUT2D eigenvalue weighted by Gasteiger charge is 2.28. The smallest absolute Gasteiger partial charge is 0.331 e. The Morgan fingerprint density at radius 1 is 1.09 bits per heavy atom. The predicted octanol–water partition coefficient (Wildman–Crippen LogP) is 2.57. The monoisotopic (exact) mass is 338 g/mol. The summed E-state index contributed by atoms with van der Waals surface area (Å²) in [7, 11) is -2.86. The molecule has 0 aliphatic rings. The second-order valence-corrected chi connectivity index (χ2v) is 9.32. The Hall–Kier alpha value is -1.59. The van der Waals surface area contributed by atoms with Gasteiger partial charge in [0.2, 0.25) is 10.7 Å². The van der Waals surface area contributed by atoms with E-state index < -0.39 is 17.3 Å². The molecule has 0 amide bonds. The van der Waals surface area contributed by atoms with E-state index in [2.05, 4.69) is 0 Å². The lowest BCUT2D eigenvalue weighted by Gasteiger charge is -2.10. The van der Waals surface area contributed by atoms with Gasteiger partial charge >= 0.3 is 6.57 Å². The highest BCUT2D eigenvalue weighted by molar-refractivity contribution is 8.46. The first-order valence-corrected chi connectivity index (χ1v) is 9.78. The van der Waals surface area contributed by atoms with Gasteiger partial charge in [-0.05, 0) is 37.1 Å². The molecular weight excluding hydrogens is 323 g/mol. The predicted molar refractivity (Wildman–Crippen MR) is 86.0 cm³/mol. The second-order valence-electron chi connectivity index (χ2n) is 4.87. The standard InChI is InChI=1S/C15H15O5PS/c1-10-4-3-5-14(11(10)2)15(16)12-6-8-13(9-7-12)21(17,18)22(19)20/h3-9H,1-2H3,(H,17,18)(H,19,20). The zero-order valence-corrected chi connectivity index (χ0v) is 13.7. The van der Waals surface area contributed by atoms with Gasteiger partial charge in [0.1, 0.15) is 0 Å². The molecule has 5 nitrogen and oxygen atoms in total. The fourth-order valence-corrected chi connectivity index (χ4v) is 3.66. The first kappa shape index (κ1) is 16.8. The molecule has 2 rings (SSSR count). The van der Waals surface area contributed by atoms with Crippen LogP contribution in [0.2, 0.25) is 0 Å². The summed E-state index contributed by atoms with van der Waals surface area (Å²) in [5.74, 6) is -0.203. The minimum absolute atomic E-state index is 0.161. The molecule has 0 bridgehead atoms. The van der Waals surface area contributed by atoms with Crippen LogP contribution >= 0.6 is 6.57 Å². The molecule has 22 heavy (non-hydrogen) atoms. The van der Waals surface area contributed by atoms with Crippen LogP contribution in [0.4, 0.5) is 0 Å². The van der Waals surface area contributed by atoms with Crippen molar-refractivity contribution >= 4 is 28.4 Å². The van der Waals surface area contributed by atoms with E-state index >= 15 is 0 Å². The molecule has 0 aliphatic carbocycles. The fraction of sp³-hybridized carbons (Fsp3) is 0.133. The van der Waals surface area contributed by atoms with Crippen molar-refractivity contribution in [3.8, 4) is 0 Å². The second kappa shape index (κ2) is 6.26. The molecule has 0 heterocycles. The average molecular weight is 338 g/mol. The van der Waals surface area contributed by atoms with Crippen LogP contribution in [0.1, 0.15) is 27.0 Å². The van der Waals surface area contributed by atoms with E-state index in [4.69, 9.17) is 4.55 Å². The topological polar surface area (TPSA) is 91.7 Å². The summed E-state index contributed by atoms with van der Waals surface area (Å²) in [5.41, 5.74) is 2.78. The molecular formula is C15H15O5PS. The first-order chi connectivity index (χ1) is 10.2. The number of carbonyl (C=O) groups excluding carboxylic acids is 1. The number of hydrogen-bond donors (Lipinski definition) is 2. The zero-order valence-electron chi connectivity index (χ0n) is 12.0. The van der Waals surface area contributed by atoms with Crippen LogP contribution in [0.15, 0.2) is 42.5 Å². The van der Waals surface area contributed by atoms with E-state index in [1.165, 1.54) is 24.3 Å². The molecule has 116 valence electrons. The van der Waals surface area contributed by atoms with E-state index in [1.807, 2.05) is 19.9 Å². The number of hydrogen-bond acceptors (Lipinski definition) is 3. The van der Waals surface area contributed by atoms with Gasteiger partial charge in [-0.1, -0.05) is 30.3 Å². The minimum atomic E-state index is -4.34. The van der Waals surface area contributed by atoms with E-state index in [9.17, 15) is 18.5 Å². The summed E-state index contributed by atoms with van der Waals surface area (Å²) < 4.78 is 31.4. The van der Waals surface area contributed by atoms with E-state index in [-0.39, 0.29) is 11.1 Å². The largest absolute Gasteiger partial charge is 0.339 e. The summed E-state index contributed by atoms with van der Waals surface area (Å²) in [6.45, 7) is -0.574. The molecule has 2 atom stereocenters. The Kier molecular flexibility index (Phi) is 4.78. The van der Waals surface area contributed by atoms with Gasteiger partial charge in [0.05, 0.1) is 5.30 Å². The highest BCUT2D eigenvalue weighted by Crippen LogP contribution is 2.42. The van der Waals surface area contributed by atoms with Gasteiger partial charge in [-0.25, -0.2) is 4.21 Å². The van der Waals surface area contributed by atoms with E-state index in [0.29, 0.717) is 11.1 Å². The molecule has 2 aromatic carbocycles. The minimum Gasteiger partial charge on any atom is -0.331 e. The Labute approximate surface area is 130 Å². The van der Waals surface area contributed by atoms with Crippen LogP contribution in [-0.2, 0) is 15.3 Å². The number of aryl methyl sites for hydroxylation is 1. The third-order valence-corrected chi connectivity index (χ3v) is 6.79. The Balaban J connectivity index is 2.39. The third-order valence-electron chi connectivity index (χ3n) is 3.52. The summed E-state index contributed by atoms with van der Waals surface area (Å²) in [4.78, 5) is 22.0. The molecule has 0 saturated heterocycles. The van der Waals surface area contributed by atoms with Gasteiger partial charge in [0.15, 0.2) is 5.78 Å². The van der Waals surface area contributed by atoms with Crippen LogP contribution in [0.3, 0.4) is 0 Å². The van der Waals surface area contributed by atoms with Crippen molar-refractivity contribution in [2.75, 3.05) is 0 Å². The maximum absolute atomic E-state index is 12.5. The summed E-state index contributed by atoms with van der Waals surface area (Å²) >= 11 is 0. The lowest BCUT2D eigenvalue weighted by molar-refractivity contribution is 0.103. The molecule has 2 N–H and O–H groups in total. The van der Waals surface area contributed by atoms with Crippen molar-refractivity contribution in [2.24, 2.45) is 0 Å². The van der Waals surface area contributed by atoms with Crippen molar-refractivity contribution < 1.29 is 23.0 Å². The van der Waals surface area contributed by atoms with E-state index in [0.717, 1.165) is 11.1 Å². The molecule has 2 unspecified atom stereocenters. The van der Waals surface area contributed by atoms with Gasteiger partial charge in [-0.3, -0.25) is 13.9 Å². The van der Waals surface area contributed by atoms with Crippen molar-refractivity contribution in [3.05, 3.63) is 64.7 Å². The fourth-order valence-electron chi connectivity index (χ4n) is 2.04. The molecule has 0 saturated carbocycles. The molecule has 7 heteroatoms. The van der Waals surface area contributed by atoms with Crippen LogP contribution < -0.4 is 5.30 Å². The molecule has 2 aromatic rings. The number of benzene rings is 2. The molecule has 0 radical (unpaired) electrons. The zero-order chi connectivity index (χ0) is 16.5. The third kappa shape index (κ3) is 3.10. The normalized spacial score (nSPS) is 15.1. The van der Waals surface area contributed by atoms with Gasteiger partial charge in [-0.2, -0.15) is 0 Å². The lowest BCUT2D eigenvalue weighted by atomic mass is 9.96. The number of ketones is 1. The summed E-state index contributed by atoms with van der Waals surface area (Å²) in [5, 5.41) is -0.161. The Bertz CT molecular complexity index is 798. The maximum atomic E-state index is 12.5. The summed E-state index contributed by atoms with van der Waals surface area (Å²) in [6, 6.07) is 10.7.